The molecule has 3 N–H and O–H groups in total. The van der Waals surface area contributed by atoms with Gasteiger partial charge in [0.15, 0.2) is 0 Å². The van der Waals surface area contributed by atoms with E-state index in [0.717, 1.165) is 11.1 Å². The SMILES string of the molecule is C=CC.C=CC(C)C(N=CNC(=C)CC(C(=O)O)N(C)CCC(C)NC(=O)OC(C)C)(c1ccccc1)c1ccccc1.CC. The molecule has 45 heavy (non-hydrogen) atoms. The Bertz CT molecular complexity index is 1140. The van der Waals surface area contributed by atoms with Gasteiger partial charge in [-0.25, -0.2) is 4.79 Å². The Morgan fingerprint density at radius 3 is 1.91 bits per heavy atom. The molecule has 0 fully saturated rings. The second-order valence-electron chi connectivity index (χ2n) is 10.8. The first-order chi connectivity index (χ1) is 21.4. The summed E-state index contributed by atoms with van der Waals surface area (Å²) in [6.07, 6.45) is 5.29. The third-order valence-electron chi connectivity index (χ3n) is 6.86. The molecular weight excluding hydrogens is 564 g/mol. The maximum absolute atomic E-state index is 12.1. The van der Waals surface area contributed by atoms with Crippen LogP contribution in [0.25, 0.3) is 0 Å². The number of likely N-dealkylation sites (N-methyl/N-ethyl adjacent to an activating group) is 1. The molecule has 248 valence electrons. The van der Waals surface area contributed by atoms with Gasteiger partial charge in [0.1, 0.15) is 11.6 Å². The number of alkyl carbamates (subject to hydrolysis) is 1. The van der Waals surface area contributed by atoms with Crippen LogP contribution in [0.15, 0.2) is 103 Å². The maximum Gasteiger partial charge on any atom is 0.407 e. The first-order valence-corrected chi connectivity index (χ1v) is 15.6. The number of nitrogens with one attached hydrogen (secondary N) is 2. The van der Waals surface area contributed by atoms with E-state index in [9.17, 15) is 14.7 Å². The first-order valence-electron chi connectivity index (χ1n) is 15.6. The molecule has 2 rings (SSSR count). The Morgan fingerprint density at radius 1 is 1.00 bits per heavy atom. The summed E-state index contributed by atoms with van der Waals surface area (Å²) in [5.74, 6) is -1.000. The smallest absolute Gasteiger partial charge is 0.407 e. The summed E-state index contributed by atoms with van der Waals surface area (Å²) in [6.45, 7) is 25.3. The van der Waals surface area contributed by atoms with Crippen molar-refractivity contribution in [2.75, 3.05) is 13.6 Å². The first kappa shape index (κ1) is 40.8. The van der Waals surface area contributed by atoms with Crippen LogP contribution in [0.4, 0.5) is 4.79 Å². The summed E-state index contributed by atoms with van der Waals surface area (Å²) >= 11 is 0. The average Bonchev–Trinajstić information content (AvgIpc) is 3.02. The van der Waals surface area contributed by atoms with Gasteiger partial charge in [-0.15, -0.1) is 13.2 Å². The van der Waals surface area contributed by atoms with Crippen LogP contribution in [0, 0.1) is 5.92 Å². The number of amides is 1. The highest BCUT2D eigenvalue weighted by Crippen LogP contribution is 2.41. The Labute approximate surface area is 272 Å². The summed E-state index contributed by atoms with van der Waals surface area (Å²) in [7, 11) is 1.75. The summed E-state index contributed by atoms with van der Waals surface area (Å²) < 4.78 is 5.11. The molecule has 0 aliphatic rings. The minimum absolute atomic E-state index is 0.0464. The minimum Gasteiger partial charge on any atom is -0.480 e. The number of benzene rings is 2. The van der Waals surface area contributed by atoms with E-state index in [1.165, 1.54) is 0 Å². The van der Waals surface area contributed by atoms with Crippen molar-refractivity contribution >= 4 is 18.4 Å². The molecule has 0 heterocycles. The number of aliphatic carboxylic acids is 1. The van der Waals surface area contributed by atoms with E-state index in [-0.39, 0.29) is 24.5 Å². The van der Waals surface area contributed by atoms with Gasteiger partial charge in [0.05, 0.1) is 12.4 Å². The number of carbonyl (C=O) groups excluding carboxylic acids is 1. The van der Waals surface area contributed by atoms with Gasteiger partial charge in [0.25, 0.3) is 0 Å². The number of carbonyl (C=O) groups is 2. The molecule has 0 bridgehead atoms. The highest BCUT2D eigenvalue weighted by Gasteiger charge is 2.38. The molecular formula is C37H56N4O4. The van der Waals surface area contributed by atoms with Crippen LogP contribution < -0.4 is 10.6 Å². The summed E-state index contributed by atoms with van der Waals surface area (Å²) in [5.41, 5.74) is 1.82. The molecule has 8 nitrogen and oxygen atoms in total. The van der Waals surface area contributed by atoms with Gasteiger partial charge < -0.3 is 20.5 Å². The van der Waals surface area contributed by atoms with Crippen LogP contribution >= 0.6 is 0 Å². The zero-order chi connectivity index (χ0) is 34.4. The number of allylic oxidation sites excluding steroid dienone is 1. The summed E-state index contributed by atoms with van der Waals surface area (Å²) in [5, 5.41) is 15.8. The molecule has 2 aromatic rings. The quantitative estimate of drug-likeness (QED) is 0.101. The van der Waals surface area contributed by atoms with Crippen molar-refractivity contribution in [3.05, 3.63) is 109 Å². The van der Waals surface area contributed by atoms with E-state index >= 15 is 0 Å². The molecule has 0 spiro atoms. The summed E-state index contributed by atoms with van der Waals surface area (Å²) in [4.78, 5) is 30.7. The van der Waals surface area contributed by atoms with Gasteiger partial charge in [0.2, 0.25) is 0 Å². The molecule has 8 heteroatoms. The predicted octanol–water partition coefficient (Wildman–Crippen LogP) is 7.79. The Balaban J connectivity index is 0.00000364. The monoisotopic (exact) mass is 620 g/mol. The number of aliphatic imine (C=N–C) groups is 1. The molecule has 2 aromatic carbocycles. The number of hydrogen-bond acceptors (Lipinski definition) is 5. The predicted molar refractivity (Wildman–Crippen MR) is 189 cm³/mol. The fourth-order valence-electron chi connectivity index (χ4n) is 4.54. The fourth-order valence-corrected chi connectivity index (χ4v) is 4.54. The van der Waals surface area contributed by atoms with E-state index in [4.69, 9.17) is 9.73 Å². The molecule has 0 aromatic heterocycles. The van der Waals surface area contributed by atoms with Gasteiger partial charge in [-0.3, -0.25) is 14.7 Å². The highest BCUT2D eigenvalue weighted by atomic mass is 16.6. The van der Waals surface area contributed by atoms with Gasteiger partial charge >= 0.3 is 12.1 Å². The largest absolute Gasteiger partial charge is 0.480 e. The van der Waals surface area contributed by atoms with Crippen LogP contribution in [-0.2, 0) is 15.1 Å². The van der Waals surface area contributed by atoms with Crippen LogP contribution in [-0.4, -0.2) is 60.2 Å². The normalized spacial score (nSPS) is 12.8. The van der Waals surface area contributed by atoms with Crippen LogP contribution in [0.2, 0.25) is 0 Å². The molecule has 0 aliphatic heterocycles. The molecule has 0 saturated heterocycles. The molecule has 0 saturated carbocycles. The van der Waals surface area contributed by atoms with Crippen molar-refractivity contribution < 1.29 is 19.4 Å². The average molecular weight is 621 g/mol. The van der Waals surface area contributed by atoms with E-state index < -0.39 is 23.6 Å². The maximum atomic E-state index is 12.1. The zero-order valence-electron chi connectivity index (χ0n) is 28.6. The molecule has 0 aliphatic carbocycles. The third-order valence-corrected chi connectivity index (χ3v) is 6.86. The van der Waals surface area contributed by atoms with E-state index in [1.807, 2.05) is 94.4 Å². The molecule has 1 amide bonds. The van der Waals surface area contributed by atoms with E-state index in [2.05, 4.69) is 37.3 Å². The van der Waals surface area contributed by atoms with Gasteiger partial charge in [0, 0.05) is 30.6 Å². The number of hydrogen-bond donors (Lipinski definition) is 3. The second kappa shape index (κ2) is 22.4. The van der Waals surface area contributed by atoms with E-state index in [0.29, 0.717) is 18.7 Å². The lowest BCUT2D eigenvalue weighted by atomic mass is 9.74. The second-order valence-corrected chi connectivity index (χ2v) is 10.8. The van der Waals surface area contributed by atoms with Gasteiger partial charge in [-0.1, -0.05) is 100 Å². The van der Waals surface area contributed by atoms with Crippen molar-refractivity contribution in [1.29, 1.82) is 0 Å². The lowest BCUT2D eigenvalue weighted by Gasteiger charge is -2.35. The van der Waals surface area contributed by atoms with Gasteiger partial charge in [-0.2, -0.15) is 0 Å². The topological polar surface area (TPSA) is 103 Å². The zero-order valence-corrected chi connectivity index (χ0v) is 28.6. The van der Waals surface area contributed by atoms with Crippen molar-refractivity contribution in [3.8, 4) is 0 Å². The van der Waals surface area contributed by atoms with E-state index in [1.54, 1.807) is 38.2 Å². The number of carboxylic acids is 1. The molecule has 3 unspecified atom stereocenters. The fraction of sp³-hybridized carbons (Fsp3) is 0.432. The van der Waals surface area contributed by atoms with Crippen LogP contribution in [0.5, 0.6) is 0 Å². The number of rotatable bonds is 16. The highest BCUT2D eigenvalue weighted by molar-refractivity contribution is 5.74. The summed E-state index contributed by atoms with van der Waals surface area (Å²) in [6, 6.07) is 19.1. The van der Waals surface area contributed by atoms with Crippen molar-refractivity contribution in [2.24, 2.45) is 10.9 Å². The van der Waals surface area contributed by atoms with Crippen LogP contribution in [0.3, 0.4) is 0 Å². The molecule has 0 radical (unpaired) electrons. The Morgan fingerprint density at radius 2 is 1.49 bits per heavy atom. The van der Waals surface area contributed by atoms with Crippen molar-refractivity contribution in [2.45, 2.75) is 85.0 Å². The number of nitrogens with zero attached hydrogens (tertiary/aromatic N) is 2. The standard InChI is InChI=1S/C32H44N4O4.C3H6.C2H6/c1-8-24(4)32(27-15-11-9-12-16-27,28-17-13-10-14-18-28)34-22-33-26(6)21-29(30(37)38)36(7)20-19-25(5)35-31(39)40-23(2)3;1-3-2;1-2/h8-18,22-25,29H,1,6,19-21H2,2-5,7H3,(H,33,34)(H,35,39)(H,37,38);3H,1H2,2H3;1-2H3. The number of carboxylic acid groups (broad SMARTS) is 1. The lowest BCUT2D eigenvalue weighted by molar-refractivity contribution is -0.142. The van der Waals surface area contributed by atoms with Gasteiger partial charge in [-0.05, 0) is 52.3 Å². The Kier molecular flexibility index (Phi) is 20.3. The lowest BCUT2D eigenvalue weighted by Crippen LogP contribution is -2.43. The molecule has 3 atom stereocenters. The number of ether oxygens (including phenoxy) is 1. The van der Waals surface area contributed by atoms with Crippen molar-refractivity contribution in [3.63, 3.8) is 0 Å². The third kappa shape index (κ3) is 14.0. The Hall–Kier alpha value is -4.17. The minimum atomic E-state index is -0.953. The van der Waals surface area contributed by atoms with Crippen molar-refractivity contribution in [1.82, 2.24) is 15.5 Å². The van der Waals surface area contributed by atoms with Crippen LogP contribution in [0.1, 0.15) is 72.4 Å².